The molecular formula is C20H30N10O10. The Morgan fingerprint density at radius 1 is 0.200 bits per heavy atom. The highest BCUT2D eigenvalue weighted by molar-refractivity contribution is 5.94. The SMILES string of the molecule is O=C1CNC(=O)CNC(=O)CNC(=O)CNC(=O)CNC(=O)CNC(=O)CNC(=O)CNC(=O)CNC(=O)CN1. The van der Waals surface area contributed by atoms with E-state index < -0.39 is 125 Å². The van der Waals surface area contributed by atoms with Crippen LogP contribution in [0.4, 0.5) is 0 Å². The summed E-state index contributed by atoms with van der Waals surface area (Å²) in [4.78, 5) is 117. The van der Waals surface area contributed by atoms with E-state index in [-0.39, 0.29) is 0 Å². The van der Waals surface area contributed by atoms with Gasteiger partial charge in [0.2, 0.25) is 59.1 Å². The van der Waals surface area contributed by atoms with E-state index in [1.807, 2.05) is 0 Å². The molecule has 0 radical (unpaired) electrons. The monoisotopic (exact) mass is 570 g/mol. The summed E-state index contributed by atoms with van der Waals surface area (Å²) < 4.78 is 0. The van der Waals surface area contributed by atoms with E-state index in [1.54, 1.807) is 0 Å². The third-order valence-corrected chi connectivity index (χ3v) is 4.46. The summed E-state index contributed by atoms with van der Waals surface area (Å²) in [6, 6.07) is 0. The molecule has 220 valence electrons. The molecule has 1 fully saturated rings. The average molecular weight is 571 g/mol. The standard InChI is InChI=1S/C20H30N10O10/c31-11-1-21-12(32)2-23-14(34)4-25-16(36)6-27-18(38)8-29-20(40)10-30-19(39)9-28-17(37)7-26-15(35)5-24-13(33)3-22-11/h1-10H2,(H,21,32)(H,22,31)(H,23,34)(H,24,33)(H,25,36)(H,26,35)(H,27,38)(H,28,37)(H,29,40)(H,30,39). The quantitative estimate of drug-likeness (QED) is 0.131. The van der Waals surface area contributed by atoms with E-state index in [4.69, 9.17) is 0 Å². The van der Waals surface area contributed by atoms with Crippen molar-refractivity contribution in [2.24, 2.45) is 0 Å². The molecule has 0 aromatic rings. The van der Waals surface area contributed by atoms with Gasteiger partial charge in [0.15, 0.2) is 0 Å². The van der Waals surface area contributed by atoms with Crippen molar-refractivity contribution in [2.75, 3.05) is 65.4 Å². The Bertz CT molecular complexity index is 706. The lowest BCUT2D eigenvalue weighted by molar-refractivity contribution is -0.130. The number of hydrogen-bond acceptors (Lipinski definition) is 10. The van der Waals surface area contributed by atoms with Gasteiger partial charge < -0.3 is 53.2 Å². The molecule has 0 aromatic carbocycles. The van der Waals surface area contributed by atoms with Crippen LogP contribution in [-0.4, -0.2) is 125 Å². The molecule has 0 spiro atoms. The molecule has 0 aliphatic carbocycles. The van der Waals surface area contributed by atoms with Crippen LogP contribution in [0.2, 0.25) is 0 Å². The molecule has 1 aliphatic heterocycles. The van der Waals surface area contributed by atoms with Gasteiger partial charge in [0.1, 0.15) is 0 Å². The molecule has 1 saturated heterocycles. The van der Waals surface area contributed by atoms with Crippen molar-refractivity contribution in [3.05, 3.63) is 0 Å². The highest BCUT2D eigenvalue weighted by Gasteiger charge is 2.13. The van der Waals surface area contributed by atoms with Crippen LogP contribution in [0.3, 0.4) is 0 Å². The van der Waals surface area contributed by atoms with E-state index >= 15 is 0 Å². The first-order valence-electron chi connectivity index (χ1n) is 11.6. The second-order valence-electron chi connectivity index (χ2n) is 7.77. The normalized spacial score (nSPS) is 19.5. The molecule has 0 saturated carbocycles. The Balaban J connectivity index is 2.60. The zero-order valence-corrected chi connectivity index (χ0v) is 21.2. The molecule has 20 heteroatoms. The summed E-state index contributed by atoms with van der Waals surface area (Å²) in [6.45, 7) is -5.21. The van der Waals surface area contributed by atoms with Crippen LogP contribution in [0.1, 0.15) is 0 Å². The number of rotatable bonds is 0. The second-order valence-corrected chi connectivity index (χ2v) is 7.77. The van der Waals surface area contributed by atoms with Crippen LogP contribution in [0.25, 0.3) is 0 Å². The van der Waals surface area contributed by atoms with Crippen LogP contribution in [-0.2, 0) is 47.9 Å². The molecule has 20 nitrogen and oxygen atoms in total. The molecule has 10 amide bonds. The van der Waals surface area contributed by atoms with Gasteiger partial charge in [0.05, 0.1) is 65.4 Å². The smallest absolute Gasteiger partial charge is 0.239 e. The van der Waals surface area contributed by atoms with E-state index in [0.717, 1.165) is 0 Å². The summed E-state index contributed by atoms with van der Waals surface area (Å²) in [5.74, 6) is -7.42. The average Bonchev–Trinajstić information content (AvgIpc) is 2.93. The summed E-state index contributed by atoms with van der Waals surface area (Å²) in [5, 5.41) is 21.9. The first-order chi connectivity index (χ1) is 18.9. The largest absolute Gasteiger partial charge is 0.346 e. The van der Waals surface area contributed by atoms with Crippen LogP contribution < -0.4 is 53.2 Å². The zero-order chi connectivity index (χ0) is 29.9. The molecule has 40 heavy (non-hydrogen) atoms. The van der Waals surface area contributed by atoms with Crippen molar-refractivity contribution in [3.8, 4) is 0 Å². The lowest BCUT2D eigenvalue weighted by Gasteiger charge is -2.10. The zero-order valence-electron chi connectivity index (χ0n) is 21.2. The minimum atomic E-state index is -0.742. The fraction of sp³-hybridized carbons (Fsp3) is 0.500. The third-order valence-electron chi connectivity index (χ3n) is 4.46. The molecule has 0 unspecified atom stereocenters. The predicted molar refractivity (Wildman–Crippen MR) is 130 cm³/mol. The second kappa shape index (κ2) is 18.0. The molecule has 0 aromatic heterocycles. The number of carbonyl (C=O) groups excluding carboxylic acids is 10. The molecule has 1 rings (SSSR count). The van der Waals surface area contributed by atoms with Gasteiger partial charge in [0, 0.05) is 0 Å². The maximum Gasteiger partial charge on any atom is 0.239 e. The lowest BCUT2D eigenvalue weighted by Crippen LogP contribution is -2.48. The van der Waals surface area contributed by atoms with E-state index in [2.05, 4.69) is 53.2 Å². The fourth-order valence-corrected chi connectivity index (χ4v) is 2.41. The van der Waals surface area contributed by atoms with E-state index in [0.29, 0.717) is 0 Å². The number of hydrogen-bond donors (Lipinski definition) is 10. The third kappa shape index (κ3) is 16.4. The highest BCUT2D eigenvalue weighted by atomic mass is 16.2. The minimum absolute atomic E-state index is 0.521. The Labute approximate surface area is 226 Å². The van der Waals surface area contributed by atoms with Gasteiger partial charge in [-0.3, -0.25) is 47.9 Å². The summed E-state index contributed by atoms with van der Waals surface area (Å²) in [6.07, 6.45) is 0. The van der Waals surface area contributed by atoms with Crippen molar-refractivity contribution in [3.63, 3.8) is 0 Å². The van der Waals surface area contributed by atoms with Gasteiger partial charge in [-0.2, -0.15) is 0 Å². The van der Waals surface area contributed by atoms with Gasteiger partial charge in [-0.1, -0.05) is 0 Å². The highest BCUT2D eigenvalue weighted by Crippen LogP contribution is 1.75. The van der Waals surface area contributed by atoms with Crippen LogP contribution >= 0.6 is 0 Å². The van der Waals surface area contributed by atoms with Crippen molar-refractivity contribution in [2.45, 2.75) is 0 Å². The summed E-state index contributed by atoms with van der Waals surface area (Å²) in [5.41, 5.74) is 0. The van der Waals surface area contributed by atoms with Crippen molar-refractivity contribution >= 4 is 59.1 Å². The van der Waals surface area contributed by atoms with Gasteiger partial charge in [-0.05, 0) is 0 Å². The molecular weight excluding hydrogens is 540 g/mol. The molecule has 0 bridgehead atoms. The van der Waals surface area contributed by atoms with Crippen LogP contribution in [0, 0.1) is 0 Å². The Kier molecular flexibility index (Phi) is 14.8. The Morgan fingerprint density at radius 3 is 0.350 bits per heavy atom. The molecule has 0 atom stereocenters. The van der Waals surface area contributed by atoms with Gasteiger partial charge >= 0.3 is 0 Å². The van der Waals surface area contributed by atoms with Crippen LogP contribution in [0.15, 0.2) is 0 Å². The van der Waals surface area contributed by atoms with E-state index in [9.17, 15) is 47.9 Å². The molecule has 10 N–H and O–H groups in total. The van der Waals surface area contributed by atoms with Gasteiger partial charge in [-0.15, -0.1) is 0 Å². The Hall–Kier alpha value is -5.30. The van der Waals surface area contributed by atoms with Gasteiger partial charge in [0.25, 0.3) is 0 Å². The summed E-state index contributed by atoms with van der Waals surface area (Å²) in [7, 11) is 0. The van der Waals surface area contributed by atoms with Crippen molar-refractivity contribution in [1.29, 1.82) is 0 Å². The first-order valence-corrected chi connectivity index (χ1v) is 11.6. The van der Waals surface area contributed by atoms with Crippen molar-refractivity contribution in [1.82, 2.24) is 53.2 Å². The van der Waals surface area contributed by atoms with Crippen LogP contribution in [0.5, 0.6) is 0 Å². The summed E-state index contributed by atoms with van der Waals surface area (Å²) >= 11 is 0. The minimum Gasteiger partial charge on any atom is -0.346 e. The topological polar surface area (TPSA) is 291 Å². The Morgan fingerprint density at radius 2 is 0.275 bits per heavy atom. The van der Waals surface area contributed by atoms with Gasteiger partial charge in [-0.25, -0.2) is 0 Å². The molecule has 1 heterocycles. The number of carbonyl (C=O) groups is 10. The first kappa shape index (κ1) is 32.7. The maximum atomic E-state index is 11.7. The van der Waals surface area contributed by atoms with E-state index in [1.165, 1.54) is 0 Å². The fourth-order valence-electron chi connectivity index (χ4n) is 2.41. The maximum absolute atomic E-state index is 11.7. The van der Waals surface area contributed by atoms with Crippen molar-refractivity contribution < 1.29 is 47.9 Å². The predicted octanol–water partition coefficient (Wildman–Crippen LogP) is -8.84. The number of nitrogens with one attached hydrogen (secondary N) is 10. The molecule has 1 aliphatic rings. The number of amides is 10. The lowest BCUT2D eigenvalue weighted by atomic mass is 10.4.